The van der Waals surface area contributed by atoms with Gasteiger partial charge in [0.1, 0.15) is 7.11 Å². The van der Waals surface area contributed by atoms with Crippen molar-refractivity contribution < 1.29 is 4.84 Å². The lowest BCUT2D eigenvalue weighted by molar-refractivity contribution is 0.177. The number of nitrogens with zero attached hydrogens (tertiary/aromatic N) is 1. The van der Waals surface area contributed by atoms with Crippen LogP contribution >= 0.6 is 0 Å². The summed E-state index contributed by atoms with van der Waals surface area (Å²) < 4.78 is 1.84. The first kappa shape index (κ1) is 11.6. The van der Waals surface area contributed by atoms with Crippen molar-refractivity contribution in [1.29, 1.82) is 0 Å². The molecule has 0 N–H and O–H groups in total. The lowest BCUT2D eigenvalue weighted by Gasteiger charge is -2.05. The Morgan fingerprint density at radius 2 is 1.63 bits per heavy atom. The number of para-hydroxylation sites is 1. The molecule has 0 fully saturated rings. The summed E-state index contributed by atoms with van der Waals surface area (Å²) in [5.41, 5.74) is 3.29. The Balaban J connectivity index is 2.03. The zero-order valence-corrected chi connectivity index (χ0v) is 10.8. The van der Waals surface area contributed by atoms with Gasteiger partial charge in [0, 0.05) is 5.39 Å². The van der Waals surface area contributed by atoms with Crippen LogP contribution in [-0.2, 0) is 0 Å². The molecule has 1 heterocycles. The Kier molecular flexibility index (Phi) is 3.07. The van der Waals surface area contributed by atoms with Crippen LogP contribution in [0.2, 0.25) is 0 Å². The van der Waals surface area contributed by atoms with E-state index in [4.69, 9.17) is 4.84 Å². The van der Waals surface area contributed by atoms with Gasteiger partial charge in [0.15, 0.2) is 0 Å². The molecule has 1 aromatic heterocycles. The molecule has 0 saturated carbocycles. The Hall–Kier alpha value is -2.48. The van der Waals surface area contributed by atoms with Crippen molar-refractivity contribution in [3.63, 3.8) is 0 Å². The summed E-state index contributed by atoms with van der Waals surface area (Å²) in [5, 5.41) is 1.18. The van der Waals surface area contributed by atoms with Crippen LogP contribution in [0.25, 0.3) is 23.1 Å². The maximum absolute atomic E-state index is 5.45. The van der Waals surface area contributed by atoms with Crippen molar-refractivity contribution in [3.05, 3.63) is 71.9 Å². The summed E-state index contributed by atoms with van der Waals surface area (Å²) in [5.74, 6) is 0. The molecule has 2 heteroatoms. The van der Waals surface area contributed by atoms with Gasteiger partial charge in [0.05, 0.1) is 11.2 Å². The normalized spacial score (nSPS) is 11.2. The molecule has 0 aliphatic carbocycles. The average Bonchev–Trinajstić information content (AvgIpc) is 2.83. The van der Waals surface area contributed by atoms with Gasteiger partial charge in [-0.1, -0.05) is 54.6 Å². The van der Waals surface area contributed by atoms with Gasteiger partial charge >= 0.3 is 0 Å². The summed E-state index contributed by atoms with van der Waals surface area (Å²) >= 11 is 0. The maximum Gasteiger partial charge on any atom is 0.104 e. The average molecular weight is 249 g/mol. The van der Waals surface area contributed by atoms with Gasteiger partial charge in [0.2, 0.25) is 0 Å². The van der Waals surface area contributed by atoms with Gasteiger partial charge in [-0.15, -0.1) is 0 Å². The van der Waals surface area contributed by atoms with Crippen LogP contribution in [0, 0.1) is 0 Å². The van der Waals surface area contributed by atoms with Gasteiger partial charge < -0.3 is 4.84 Å². The van der Waals surface area contributed by atoms with Crippen LogP contribution in [-0.4, -0.2) is 11.8 Å². The molecule has 19 heavy (non-hydrogen) atoms. The zero-order valence-electron chi connectivity index (χ0n) is 10.8. The predicted octanol–water partition coefficient (Wildman–Crippen LogP) is 3.87. The van der Waals surface area contributed by atoms with Crippen LogP contribution in [0.4, 0.5) is 0 Å². The van der Waals surface area contributed by atoms with E-state index in [1.54, 1.807) is 7.11 Å². The standard InChI is InChI=1S/C17H15NO/c1-19-18-16(12-11-14-7-3-2-4-8-14)13-15-9-5-6-10-17(15)18/h2-13H,1H3/b12-11+. The first-order chi connectivity index (χ1) is 9.38. The van der Waals surface area contributed by atoms with Crippen LogP contribution < -0.4 is 4.84 Å². The van der Waals surface area contributed by atoms with Crippen molar-refractivity contribution in [2.75, 3.05) is 7.11 Å². The zero-order chi connectivity index (χ0) is 13.1. The van der Waals surface area contributed by atoms with Crippen LogP contribution in [0.3, 0.4) is 0 Å². The van der Waals surface area contributed by atoms with Crippen molar-refractivity contribution in [2.45, 2.75) is 0 Å². The molecule has 2 nitrogen and oxygen atoms in total. The molecule has 0 saturated heterocycles. The number of fused-ring (bicyclic) bond motifs is 1. The summed E-state index contributed by atoms with van der Waals surface area (Å²) in [6, 6.07) is 20.6. The van der Waals surface area contributed by atoms with E-state index in [0.717, 1.165) is 11.2 Å². The lowest BCUT2D eigenvalue weighted by Crippen LogP contribution is -2.06. The molecule has 0 atom stereocenters. The van der Waals surface area contributed by atoms with Gasteiger partial charge in [-0.05, 0) is 23.8 Å². The molecule has 2 aromatic carbocycles. The lowest BCUT2D eigenvalue weighted by atomic mass is 10.2. The molecular formula is C17H15NO. The molecule has 3 aromatic rings. The molecular weight excluding hydrogens is 234 g/mol. The van der Waals surface area contributed by atoms with E-state index < -0.39 is 0 Å². The van der Waals surface area contributed by atoms with Crippen molar-refractivity contribution in [1.82, 2.24) is 4.73 Å². The molecule has 0 radical (unpaired) electrons. The van der Waals surface area contributed by atoms with E-state index in [2.05, 4.69) is 42.5 Å². The number of aromatic nitrogens is 1. The minimum Gasteiger partial charge on any atom is -0.417 e. The highest BCUT2D eigenvalue weighted by atomic mass is 16.6. The summed E-state index contributed by atoms with van der Waals surface area (Å²) in [6.45, 7) is 0. The quantitative estimate of drug-likeness (QED) is 0.687. The molecule has 0 unspecified atom stereocenters. The Morgan fingerprint density at radius 3 is 2.42 bits per heavy atom. The first-order valence-corrected chi connectivity index (χ1v) is 6.26. The third-order valence-electron chi connectivity index (χ3n) is 3.12. The highest BCUT2D eigenvalue weighted by molar-refractivity contribution is 5.85. The topological polar surface area (TPSA) is 14.2 Å². The van der Waals surface area contributed by atoms with Gasteiger partial charge in [0.25, 0.3) is 0 Å². The van der Waals surface area contributed by atoms with E-state index in [1.165, 1.54) is 10.9 Å². The van der Waals surface area contributed by atoms with E-state index in [-0.39, 0.29) is 0 Å². The third kappa shape index (κ3) is 2.25. The monoisotopic (exact) mass is 249 g/mol. The van der Waals surface area contributed by atoms with E-state index >= 15 is 0 Å². The first-order valence-electron chi connectivity index (χ1n) is 6.26. The summed E-state index contributed by atoms with van der Waals surface area (Å²) in [4.78, 5) is 5.45. The Morgan fingerprint density at radius 1 is 0.895 bits per heavy atom. The number of benzene rings is 2. The second-order valence-electron chi connectivity index (χ2n) is 4.35. The van der Waals surface area contributed by atoms with Gasteiger partial charge in [-0.25, -0.2) is 0 Å². The fourth-order valence-electron chi connectivity index (χ4n) is 2.22. The second kappa shape index (κ2) is 5.02. The third-order valence-corrected chi connectivity index (χ3v) is 3.12. The summed E-state index contributed by atoms with van der Waals surface area (Å²) in [7, 11) is 1.69. The van der Waals surface area contributed by atoms with Crippen molar-refractivity contribution in [2.24, 2.45) is 0 Å². The van der Waals surface area contributed by atoms with E-state index in [9.17, 15) is 0 Å². The minimum absolute atomic E-state index is 1.03. The Labute approximate surface area is 112 Å². The predicted molar refractivity (Wildman–Crippen MR) is 79.8 cm³/mol. The molecule has 0 spiro atoms. The van der Waals surface area contributed by atoms with E-state index in [0.29, 0.717) is 0 Å². The van der Waals surface area contributed by atoms with Crippen molar-refractivity contribution in [3.8, 4) is 0 Å². The Bertz CT molecular complexity index is 710. The molecule has 0 amide bonds. The smallest absolute Gasteiger partial charge is 0.104 e. The van der Waals surface area contributed by atoms with Gasteiger partial charge in [-0.3, -0.25) is 0 Å². The largest absolute Gasteiger partial charge is 0.417 e. The van der Waals surface area contributed by atoms with Gasteiger partial charge in [-0.2, -0.15) is 4.73 Å². The number of rotatable bonds is 3. The number of hydrogen-bond donors (Lipinski definition) is 0. The molecule has 0 aliphatic heterocycles. The molecule has 0 aliphatic rings. The highest BCUT2D eigenvalue weighted by Crippen LogP contribution is 2.20. The number of hydrogen-bond acceptors (Lipinski definition) is 1. The van der Waals surface area contributed by atoms with Crippen LogP contribution in [0.5, 0.6) is 0 Å². The SMILES string of the molecule is COn1c(/C=C/c2ccccc2)cc2ccccc21. The van der Waals surface area contributed by atoms with E-state index in [1.807, 2.05) is 35.1 Å². The van der Waals surface area contributed by atoms with Crippen LogP contribution in [0.15, 0.2) is 60.7 Å². The van der Waals surface area contributed by atoms with Crippen molar-refractivity contribution >= 4 is 23.1 Å². The highest BCUT2D eigenvalue weighted by Gasteiger charge is 2.05. The minimum atomic E-state index is 1.03. The summed E-state index contributed by atoms with van der Waals surface area (Å²) in [6.07, 6.45) is 4.16. The molecule has 0 bridgehead atoms. The fraction of sp³-hybridized carbons (Fsp3) is 0.0588. The van der Waals surface area contributed by atoms with Crippen LogP contribution in [0.1, 0.15) is 11.3 Å². The second-order valence-corrected chi connectivity index (χ2v) is 4.35. The molecule has 3 rings (SSSR count). The fourth-order valence-corrected chi connectivity index (χ4v) is 2.22. The maximum atomic E-state index is 5.45. The molecule has 94 valence electrons.